The highest BCUT2D eigenvalue weighted by Gasteiger charge is 2.72. The van der Waals surface area contributed by atoms with E-state index >= 15 is 0 Å². The maximum absolute atomic E-state index is 13.5. The summed E-state index contributed by atoms with van der Waals surface area (Å²) < 4.78 is 0. The summed E-state index contributed by atoms with van der Waals surface area (Å²) in [6.45, 7) is 18.6. The molecule has 0 aromatic rings. The molecule has 4 fully saturated rings. The lowest BCUT2D eigenvalue weighted by Crippen LogP contribution is -2.69. The fraction of sp³-hybridized carbons (Fsp3) is 0.818. The number of Topliss-reactive ketones (excluding diaryl/α,β-unsaturated/α-hetero) is 1. The molecule has 0 saturated heterocycles. The first-order valence-electron chi connectivity index (χ1n) is 14.8. The van der Waals surface area contributed by atoms with Crippen molar-refractivity contribution < 1.29 is 14.7 Å². The Morgan fingerprint density at radius 1 is 0.917 bits per heavy atom. The molecule has 5 aliphatic rings. The molecule has 8 atom stereocenters. The Kier molecular flexibility index (Phi) is 6.05. The van der Waals surface area contributed by atoms with Gasteiger partial charge >= 0.3 is 5.97 Å². The van der Waals surface area contributed by atoms with Gasteiger partial charge in [-0.15, -0.1) is 0 Å². The van der Waals surface area contributed by atoms with Crippen molar-refractivity contribution in [2.45, 2.75) is 107 Å². The minimum atomic E-state index is -0.720. The van der Waals surface area contributed by atoms with E-state index in [9.17, 15) is 14.7 Å². The first-order chi connectivity index (χ1) is 16.7. The van der Waals surface area contributed by atoms with Gasteiger partial charge in [-0.25, -0.2) is 0 Å². The van der Waals surface area contributed by atoms with Gasteiger partial charge in [-0.1, -0.05) is 66.2 Å². The second-order valence-corrected chi connectivity index (χ2v) is 15.0. The van der Waals surface area contributed by atoms with Crippen molar-refractivity contribution in [2.24, 2.45) is 63.1 Å². The third-order valence-corrected chi connectivity index (χ3v) is 13.8. The molecular weight excluding hydrogens is 444 g/mol. The molecule has 5 rings (SSSR count). The van der Waals surface area contributed by atoms with Gasteiger partial charge in [0.05, 0.1) is 5.41 Å². The van der Waals surface area contributed by atoms with Crippen LogP contribution in [0.2, 0.25) is 0 Å². The smallest absolute Gasteiger partial charge is 0.310 e. The van der Waals surface area contributed by atoms with E-state index in [-0.39, 0.29) is 28.1 Å². The van der Waals surface area contributed by atoms with E-state index in [1.165, 1.54) is 24.0 Å². The second-order valence-electron chi connectivity index (χ2n) is 15.0. The van der Waals surface area contributed by atoms with Crippen LogP contribution in [0, 0.1) is 63.1 Å². The van der Waals surface area contributed by atoms with Gasteiger partial charge in [0.2, 0.25) is 0 Å². The fourth-order valence-electron chi connectivity index (χ4n) is 10.8. The van der Waals surface area contributed by atoms with Crippen molar-refractivity contribution in [1.82, 2.24) is 0 Å². The first kappa shape index (κ1) is 26.2. The van der Waals surface area contributed by atoms with Gasteiger partial charge in [0.1, 0.15) is 5.78 Å². The van der Waals surface area contributed by atoms with Gasteiger partial charge in [0.25, 0.3) is 0 Å². The Hall–Kier alpha value is -1.38. The van der Waals surface area contributed by atoms with Crippen molar-refractivity contribution in [3.63, 3.8) is 0 Å². The number of hydrogen-bond acceptors (Lipinski definition) is 2. The molecule has 0 aliphatic heterocycles. The van der Waals surface area contributed by atoms with Crippen LogP contribution in [0.3, 0.4) is 0 Å². The van der Waals surface area contributed by atoms with E-state index in [1.807, 2.05) is 0 Å². The summed E-state index contributed by atoms with van der Waals surface area (Å²) in [4.78, 5) is 25.7. The van der Waals surface area contributed by atoms with Crippen LogP contribution in [-0.4, -0.2) is 16.9 Å². The van der Waals surface area contributed by atoms with Gasteiger partial charge < -0.3 is 5.11 Å². The molecule has 0 spiro atoms. The topological polar surface area (TPSA) is 54.4 Å². The molecule has 0 aromatic heterocycles. The molecule has 3 heteroatoms. The quantitative estimate of drug-likeness (QED) is 0.422. The molecule has 3 nitrogen and oxygen atoms in total. The Morgan fingerprint density at radius 2 is 1.61 bits per heavy atom. The number of aliphatic carboxylic acids is 1. The lowest BCUT2D eigenvalue weighted by Gasteiger charge is -2.71. The molecule has 4 saturated carbocycles. The SMILES string of the molecule is CC=CC1=C2C(CCC3(C(=O)O)C(C)C(C)(C)C(C)(C)C(C)(C)C23)C2CCC3CC(=O)CCC3C2C1. The summed E-state index contributed by atoms with van der Waals surface area (Å²) in [5.41, 5.74) is 1.99. The van der Waals surface area contributed by atoms with E-state index in [2.05, 4.69) is 67.5 Å². The highest BCUT2D eigenvalue weighted by molar-refractivity contribution is 5.79. The molecule has 8 unspecified atom stereocenters. The van der Waals surface area contributed by atoms with Gasteiger partial charge in [-0.3, -0.25) is 9.59 Å². The number of allylic oxidation sites excluding steroid dienone is 4. The molecule has 0 amide bonds. The van der Waals surface area contributed by atoms with Crippen LogP contribution >= 0.6 is 0 Å². The Morgan fingerprint density at radius 3 is 2.25 bits per heavy atom. The van der Waals surface area contributed by atoms with E-state index in [0.717, 1.165) is 38.5 Å². The van der Waals surface area contributed by atoms with Crippen molar-refractivity contribution in [1.29, 1.82) is 0 Å². The average Bonchev–Trinajstić information content (AvgIpc) is 2.81. The number of hydrogen-bond donors (Lipinski definition) is 1. The molecular formula is C33H50O3. The average molecular weight is 495 g/mol. The summed E-state index contributed by atoms with van der Waals surface area (Å²) >= 11 is 0. The van der Waals surface area contributed by atoms with Crippen LogP contribution in [0.5, 0.6) is 0 Å². The zero-order chi connectivity index (χ0) is 26.4. The zero-order valence-electron chi connectivity index (χ0n) is 24.1. The number of carboxylic acids is 1. The first-order valence-corrected chi connectivity index (χ1v) is 14.8. The van der Waals surface area contributed by atoms with Crippen LogP contribution in [0.4, 0.5) is 0 Å². The maximum atomic E-state index is 13.5. The monoisotopic (exact) mass is 494 g/mol. The van der Waals surface area contributed by atoms with Gasteiger partial charge in [-0.05, 0) is 103 Å². The molecule has 5 aliphatic carbocycles. The van der Waals surface area contributed by atoms with Crippen LogP contribution in [0.1, 0.15) is 107 Å². The number of carbonyl (C=O) groups excluding carboxylic acids is 1. The molecule has 200 valence electrons. The van der Waals surface area contributed by atoms with Gasteiger partial charge in [0, 0.05) is 18.8 Å². The normalized spacial score (nSPS) is 44.9. The van der Waals surface area contributed by atoms with Gasteiger partial charge in [0.15, 0.2) is 0 Å². The highest BCUT2D eigenvalue weighted by atomic mass is 16.4. The van der Waals surface area contributed by atoms with E-state index in [4.69, 9.17) is 0 Å². The van der Waals surface area contributed by atoms with Crippen LogP contribution in [0.15, 0.2) is 23.3 Å². The molecule has 0 heterocycles. The van der Waals surface area contributed by atoms with Gasteiger partial charge in [-0.2, -0.15) is 0 Å². The van der Waals surface area contributed by atoms with Crippen molar-refractivity contribution in [2.75, 3.05) is 0 Å². The predicted molar refractivity (Wildman–Crippen MR) is 145 cm³/mol. The Bertz CT molecular complexity index is 1010. The van der Waals surface area contributed by atoms with E-state index in [0.29, 0.717) is 35.4 Å². The maximum Gasteiger partial charge on any atom is 0.310 e. The third kappa shape index (κ3) is 3.16. The number of carbonyl (C=O) groups is 2. The van der Waals surface area contributed by atoms with Crippen LogP contribution in [-0.2, 0) is 9.59 Å². The standard InChI is InChI=1S/C33H50O3/c1-9-10-21-18-26-23-14-12-22(34)17-20(23)11-13-24(26)25-15-16-33(29(35)36)19(2)30(3,4)32(7,8)31(5,6)28(33)27(21)25/h9-10,19-20,23-26,28H,11-18H2,1-8H3,(H,35,36). The summed E-state index contributed by atoms with van der Waals surface area (Å²) in [6, 6.07) is 0. The Balaban J connectivity index is 1.70. The van der Waals surface area contributed by atoms with Crippen molar-refractivity contribution in [3.8, 4) is 0 Å². The minimum absolute atomic E-state index is 0.0167. The summed E-state index contributed by atoms with van der Waals surface area (Å²) in [7, 11) is 0. The predicted octanol–water partition coefficient (Wildman–Crippen LogP) is 8.10. The highest BCUT2D eigenvalue weighted by Crippen LogP contribution is 2.75. The molecule has 0 bridgehead atoms. The Labute approximate surface area is 219 Å². The summed E-state index contributed by atoms with van der Waals surface area (Å²) in [5.74, 6) is 3.10. The van der Waals surface area contributed by atoms with Crippen molar-refractivity contribution >= 4 is 11.8 Å². The molecule has 36 heavy (non-hydrogen) atoms. The van der Waals surface area contributed by atoms with E-state index in [1.54, 1.807) is 0 Å². The van der Waals surface area contributed by atoms with Crippen LogP contribution in [0.25, 0.3) is 0 Å². The third-order valence-electron chi connectivity index (χ3n) is 13.8. The molecule has 1 N–H and O–H groups in total. The molecule has 0 aromatic carbocycles. The lowest BCUT2D eigenvalue weighted by molar-refractivity contribution is -0.227. The summed E-state index contributed by atoms with van der Waals surface area (Å²) in [6.07, 6.45) is 12.5. The van der Waals surface area contributed by atoms with Crippen molar-refractivity contribution in [3.05, 3.63) is 23.3 Å². The number of carboxylic acid groups (broad SMARTS) is 1. The summed E-state index contributed by atoms with van der Waals surface area (Å²) in [5, 5.41) is 11.1. The minimum Gasteiger partial charge on any atom is -0.481 e. The number of fused-ring (bicyclic) bond motifs is 7. The van der Waals surface area contributed by atoms with E-state index < -0.39 is 11.4 Å². The lowest BCUT2D eigenvalue weighted by atomic mass is 9.31. The number of rotatable bonds is 2. The largest absolute Gasteiger partial charge is 0.481 e. The fourth-order valence-corrected chi connectivity index (χ4v) is 10.8. The molecule has 0 radical (unpaired) electrons. The second kappa shape index (κ2) is 8.31. The van der Waals surface area contributed by atoms with Crippen LogP contribution < -0.4 is 0 Å². The number of ketones is 1. The zero-order valence-corrected chi connectivity index (χ0v) is 24.1.